The number of anilines is 1. The fourth-order valence-corrected chi connectivity index (χ4v) is 4.98. The average molecular weight is 462 g/mol. The smallest absolute Gasteiger partial charge is 0.244 e. The first-order valence-electron chi connectivity index (χ1n) is 10.3. The Morgan fingerprint density at radius 1 is 0.970 bits per heavy atom. The normalized spacial score (nSPS) is 11.5. The van der Waals surface area contributed by atoms with E-state index in [0.717, 1.165) is 11.1 Å². The van der Waals surface area contributed by atoms with E-state index in [2.05, 4.69) is 10.3 Å². The van der Waals surface area contributed by atoms with Gasteiger partial charge in [0.1, 0.15) is 17.1 Å². The number of rotatable bonds is 5. The second-order valence-electron chi connectivity index (χ2n) is 7.94. The van der Waals surface area contributed by atoms with Crippen LogP contribution in [0.2, 0.25) is 0 Å². The van der Waals surface area contributed by atoms with Crippen molar-refractivity contribution in [3.63, 3.8) is 0 Å². The zero-order valence-corrected chi connectivity index (χ0v) is 19.3. The first-order chi connectivity index (χ1) is 15.7. The minimum atomic E-state index is -4.12. The highest BCUT2D eigenvalue weighted by Gasteiger charge is 2.25. The summed E-state index contributed by atoms with van der Waals surface area (Å²) in [6.45, 7) is 5.25. The van der Waals surface area contributed by atoms with E-state index in [0.29, 0.717) is 11.4 Å². The van der Waals surface area contributed by atoms with Crippen LogP contribution in [0.15, 0.2) is 81.4 Å². The second-order valence-corrected chi connectivity index (χ2v) is 9.86. The standard InChI is InChI=1S/C25H23N3O4S/c1-16-9-11-20(13-17(16)2)33(31,32)22-14-28(15-23(29)27-19-7-5-4-6-8-19)25-21(24(22)30)12-10-18(3)26-25/h4-14H,15H2,1-3H3,(H,27,29). The van der Waals surface area contributed by atoms with Gasteiger partial charge in [-0.05, 0) is 68.3 Å². The van der Waals surface area contributed by atoms with Gasteiger partial charge in [-0.1, -0.05) is 24.3 Å². The van der Waals surface area contributed by atoms with Crippen LogP contribution in [-0.2, 0) is 21.2 Å². The molecule has 2 heterocycles. The lowest BCUT2D eigenvalue weighted by Crippen LogP contribution is -2.24. The number of aryl methyl sites for hydroxylation is 3. The molecule has 0 fully saturated rings. The molecule has 0 saturated heterocycles. The third-order valence-corrected chi connectivity index (χ3v) is 7.22. The lowest BCUT2D eigenvalue weighted by atomic mass is 10.1. The van der Waals surface area contributed by atoms with Gasteiger partial charge >= 0.3 is 0 Å². The van der Waals surface area contributed by atoms with Crippen LogP contribution in [-0.4, -0.2) is 23.9 Å². The van der Waals surface area contributed by atoms with Crippen LogP contribution >= 0.6 is 0 Å². The van der Waals surface area contributed by atoms with E-state index < -0.39 is 20.2 Å². The summed E-state index contributed by atoms with van der Waals surface area (Å²) in [6.07, 6.45) is 1.21. The number of hydrogen-bond acceptors (Lipinski definition) is 5. The van der Waals surface area contributed by atoms with Crippen molar-refractivity contribution < 1.29 is 13.2 Å². The van der Waals surface area contributed by atoms with E-state index in [1.165, 1.54) is 16.8 Å². The summed E-state index contributed by atoms with van der Waals surface area (Å²) in [7, 11) is -4.12. The SMILES string of the molecule is Cc1ccc2c(=O)c(S(=O)(=O)c3ccc(C)c(C)c3)cn(CC(=O)Nc3ccccc3)c2n1. The summed E-state index contributed by atoms with van der Waals surface area (Å²) in [4.78, 5) is 30.0. The van der Waals surface area contributed by atoms with Gasteiger partial charge in [0, 0.05) is 17.6 Å². The Bertz CT molecular complexity index is 1540. The molecule has 168 valence electrons. The Labute approximate surface area is 191 Å². The molecule has 4 aromatic rings. The van der Waals surface area contributed by atoms with Gasteiger partial charge in [0.15, 0.2) is 0 Å². The number of aromatic nitrogens is 2. The minimum Gasteiger partial charge on any atom is -0.325 e. The van der Waals surface area contributed by atoms with Crippen LogP contribution in [0.5, 0.6) is 0 Å². The predicted octanol–water partition coefficient (Wildman–Crippen LogP) is 3.79. The molecule has 4 rings (SSSR count). The topological polar surface area (TPSA) is 98.1 Å². The number of sulfone groups is 1. The van der Waals surface area contributed by atoms with Gasteiger partial charge in [-0.3, -0.25) is 9.59 Å². The van der Waals surface area contributed by atoms with Gasteiger partial charge < -0.3 is 9.88 Å². The molecule has 2 aromatic carbocycles. The van der Waals surface area contributed by atoms with Crippen molar-refractivity contribution in [3.05, 3.63) is 93.9 Å². The Hall–Kier alpha value is -3.78. The molecule has 0 saturated carbocycles. The molecular formula is C25H23N3O4S. The summed E-state index contributed by atoms with van der Waals surface area (Å²) < 4.78 is 28.3. The highest BCUT2D eigenvalue weighted by atomic mass is 32.2. The molecule has 1 N–H and O–H groups in total. The van der Waals surface area contributed by atoms with Crippen molar-refractivity contribution in [1.29, 1.82) is 0 Å². The number of fused-ring (bicyclic) bond motifs is 1. The quantitative estimate of drug-likeness (QED) is 0.488. The van der Waals surface area contributed by atoms with Crippen LogP contribution < -0.4 is 10.7 Å². The summed E-state index contributed by atoms with van der Waals surface area (Å²) in [5.41, 5.74) is 2.61. The summed E-state index contributed by atoms with van der Waals surface area (Å²) in [5, 5.41) is 2.91. The fraction of sp³-hybridized carbons (Fsp3) is 0.160. The predicted molar refractivity (Wildman–Crippen MR) is 127 cm³/mol. The van der Waals surface area contributed by atoms with Crippen molar-refractivity contribution in [2.75, 3.05) is 5.32 Å². The lowest BCUT2D eigenvalue weighted by Gasteiger charge is -2.14. The van der Waals surface area contributed by atoms with Gasteiger partial charge in [-0.15, -0.1) is 0 Å². The maximum Gasteiger partial charge on any atom is 0.244 e. The summed E-state index contributed by atoms with van der Waals surface area (Å²) >= 11 is 0. The Balaban J connectivity index is 1.85. The fourth-order valence-electron chi connectivity index (χ4n) is 3.53. The van der Waals surface area contributed by atoms with Crippen LogP contribution in [0.25, 0.3) is 11.0 Å². The zero-order chi connectivity index (χ0) is 23.8. The molecule has 8 heteroatoms. The Kier molecular flexibility index (Phi) is 5.86. The number of para-hydroxylation sites is 1. The summed E-state index contributed by atoms with van der Waals surface area (Å²) in [6, 6.07) is 16.9. The molecule has 0 aliphatic rings. The molecule has 0 bridgehead atoms. The second kappa shape index (κ2) is 8.63. The molecule has 33 heavy (non-hydrogen) atoms. The van der Waals surface area contributed by atoms with E-state index in [1.807, 2.05) is 19.9 Å². The molecule has 0 radical (unpaired) electrons. The number of nitrogens with zero attached hydrogens (tertiary/aromatic N) is 2. The van der Waals surface area contributed by atoms with E-state index in [4.69, 9.17) is 0 Å². The van der Waals surface area contributed by atoms with Crippen LogP contribution in [0.1, 0.15) is 16.8 Å². The first-order valence-corrected chi connectivity index (χ1v) is 11.8. The van der Waals surface area contributed by atoms with Crippen LogP contribution in [0.4, 0.5) is 5.69 Å². The largest absolute Gasteiger partial charge is 0.325 e. The molecule has 0 aliphatic carbocycles. The maximum atomic E-state index is 13.4. The number of nitrogens with one attached hydrogen (secondary N) is 1. The van der Waals surface area contributed by atoms with Crippen molar-refractivity contribution in [2.24, 2.45) is 0 Å². The highest BCUT2D eigenvalue weighted by Crippen LogP contribution is 2.23. The number of pyridine rings is 2. The van der Waals surface area contributed by atoms with E-state index in [9.17, 15) is 18.0 Å². The molecule has 1 amide bonds. The first kappa shape index (κ1) is 22.4. The maximum absolute atomic E-state index is 13.4. The van der Waals surface area contributed by atoms with Crippen molar-refractivity contribution in [3.8, 4) is 0 Å². The molecule has 0 spiro atoms. The third kappa shape index (κ3) is 4.42. The van der Waals surface area contributed by atoms with Crippen molar-refractivity contribution in [1.82, 2.24) is 9.55 Å². The van der Waals surface area contributed by atoms with E-state index in [1.54, 1.807) is 55.5 Å². The van der Waals surface area contributed by atoms with Crippen LogP contribution in [0, 0.1) is 20.8 Å². The van der Waals surface area contributed by atoms with Crippen molar-refractivity contribution in [2.45, 2.75) is 37.1 Å². The van der Waals surface area contributed by atoms with Crippen LogP contribution in [0.3, 0.4) is 0 Å². The number of hydrogen-bond donors (Lipinski definition) is 1. The molecule has 0 aliphatic heterocycles. The number of benzene rings is 2. The van der Waals surface area contributed by atoms with Gasteiger partial charge in [0.25, 0.3) is 0 Å². The van der Waals surface area contributed by atoms with Gasteiger partial charge in [-0.2, -0.15) is 0 Å². The molecule has 2 aromatic heterocycles. The summed E-state index contributed by atoms with van der Waals surface area (Å²) in [5.74, 6) is -0.371. The Morgan fingerprint density at radius 3 is 2.39 bits per heavy atom. The number of carbonyl (C=O) groups is 1. The molecule has 7 nitrogen and oxygen atoms in total. The van der Waals surface area contributed by atoms with Gasteiger partial charge in [0.2, 0.25) is 21.2 Å². The number of carbonyl (C=O) groups excluding carboxylic acids is 1. The van der Waals surface area contributed by atoms with E-state index in [-0.39, 0.29) is 28.4 Å². The Morgan fingerprint density at radius 2 is 1.70 bits per heavy atom. The van der Waals surface area contributed by atoms with Gasteiger partial charge in [0.05, 0.1) is 10.3 Å². The van der Waals surface area contributed by atoms with E-state index >= 15 is 0 Å². The average Bonchev–Trinajstić information content (AvgIpc) is 2.78. The minimum absolute atomic E-state index is 0.0300. The highest BCUT2D eigenvalue weighted by molar-refractivity contribution is 7.91. The van der Waals surface area contributed by atoms with Gasteiger partial charge in [-0.25, -0.2) is 13.4 Å². The van der Waals surface area contributed by atoms with Crippen molar-refractivity contribution >= 4 is 32.5 Å². The lowest BCUT2D eigenvalue weighted by molar-refractivity contribution is -0.116. The number of amides is 1. The monoisotopic (exact) mass is 461 g/mol. The molecule has 0 unspecified atom stereocenters. The molecular weight excluding hydrogens is 438 g/mol. The molecule has 0 atom stereocenters. The third-order valence-electron chi connectivity index (χ3n) is 5.48. The zero-order valence-electron chi connectivity index (χ0n) is 18.5.